The second-order valence-corrected chi connectivity index (χ2v) is 18.5. The number of carbonyl (C=O) groups excluding carboxylic acids is 5. The third-order valence-corrected chi connectivity index (χ3v) is 13.5. The lowest BCUT2D eigenvalue weighted by Gasteiger charge is -2.45. The van der Waals surface area contributed by atoms with E-state index in [2.05, 4.69) is 27.8 Å². The molecule has 2 saturated carbocycles. The summed E-state index contributed by atoms with van der Waals surface area (Å²) in [5, 5.41) is 10.7. The number of nitrogens with one attached hydrogen (secondary N) is 4. The molecule has 49 heavy (non-hydrogen) atoms. The molecule has 0 aromatic carbocycles. The third-order valence-electron chi connectivity index (χ3n) is 11.1. The fraction of sp³-hybridized carbons (Fsp3) is 0.806. The van der Waals surface area contributed by atoms with Crippen molar-refractivity contribution in [3.05, 3.63) is 12.7 Å². The van der Waals surface area contributed by atoms with Crippen LogP contribution < -0.4 is 21.3 Å². The number of hydrogen-bond donors (Lipinski definition) is 4. The van der Waals surface area contributed by atoms with Crippen molar-refractivity contribution in [2.45, 2.75) is 141 Å². The summed E-state index contributed by atoms with van der Waals surface area (Å²) in [6, 6.07) is -3.52. The van der Waals surface area contributed by atoms with Crippen molar-refractivity contribution in [2.24, 2.45) is 23.2 Å². The molecule has 0 spiro atoms. The molecule has 2 aliphatic heterocycles. The summed E-state index contributed by atoms with van der Waals surface area (Å²) in [5.74, 6) is -2.21. The lowest BCUT2D eigenvalue weighted by molar-refractivity contribution is -0.144. The van der Waals surface area contributed by atoms with Crippen LogP contribution in [0.3, 0.4) is 0 Å². The van der Waals surface area contributed by atoms with Crippen molar-refractivity contribution < 1.29 is 32.4 Å². The minimum Gasteiger partial charge on any atom is -0.346 e. The van der Waals surface area contributed by atoms with Crippen LogP contribution in [0.2, 0.25) is 0 Å². The Kier molecular flexibility index (Phi) is 12.6. The minimum atomic E-state index is -3.39. The van der Waals surface area contributed by atoms with E-state index in [1.54, 1.807) is 0 Å². The number of Topliss-reactive ketones (excluding diaryl/α,β-unsaturated/α-hetero) is 1. The molecule has 5 amide bonds. The number of ketones is 1. The minimum absolute atomic E-state index is 0.0370. The van der Waals surface area contributed by atoms with Crippen molar-refractivity contribution in [2.75, 3.05) is 18.8 Å². The average molecular weight is 706 g/mol. The van der Waals surface area contributed by atoms with Crippen LogP contribution in [0.4, 0.5) is 4.79 Å². The summed E-state index contributed by atoms with van der Waals surface area (Å²) < 4.78 is 26.5. The maximum absolute atomic E-state index is 14.5. The van der Waals surface area contributed by atoms with E-state index in [4.69, 9.17) is 0 Å². The van der Waals surface area contributed by atoms with Crippen molar-refractivity contribution in [3.63, 3.8) is 0 Å². The van der Waals surface area contributed by atoms with Gasteiger partial charge in [-0.15, -0.1) is 6.58 Å². The molecule has 2 heterocycles. The number of carbonyl (C=O) groups is 5. The smallest absolute Gasteiger partial charge is 0.315 e. The van der Waals surface area contributed by atoms with Gasteiger partial charge < -0.3 is 26.2 Å². The zero-order chi connectivity index (χ0) is 36.1. The Labute approximate surface area is 292 Å². The summed E-state index contributed by atoms with van der Waals surface area (Å²) in [6.45, 7) is 13.5. The lowest BCUT2D eigenvalue weighted by Crippen LogP contribution is -2.66. The van der Waals surface area contributed by atoms with E-state index in [-0.39, 0.29) is 30.1 Å². The van der Waals surface area contributed by atoms with Crippen LogP contribution >= 0.6 is 0 Å². The summed E-state index contributed by atoms with van der Waals surface area (Å²) in [6.07, 6.45) is 9.89. The maximum atomic E-state index is 14.5. The molecule has 5 atom stereocenters. The van der Waals surface area contributed by atoms with Crippen LogP contribution in [-0.4, -0.2) is 90.6 Å². The fourth-order valence-electron chi connectivity index (χ4n) is 8.18. The molecule has 13 heteroatoms. The van der Waals surface area contributed by atoms with Gasteiger partial charge in [0.25, 0.3) is 5.91 Å². The summed E-state index contributed by atoms with van der Waals surface area (Å²) in [4.78, 5) is 69.7. The Bertz CT molecular complexity index is 1360. The van der Waals surface area contributed by atoms with Gasteiger partial charge in [-0.1, -0.05) is 79.2 Å². The third kappa shape index (κ3) is 9.43. The van der Waals surface area contributed by atoms with Gasteiger partial charge in [-0.05, 0) is 61.7 Å². The van der Waals surface area contributed by atoms with E-state index in [1.807, 2.05) is 34.6 Å². The van der Waals surface area contributed by atoms with Crippen molar-refractivity contribution in [1.82, 2.24) is 26.2 Å². The second kappa shape index (κ2) is 15.9. The molecule has 0 aromatic heterocycles. The average Bonchev–Trinajstić information content (AvgIpc) is 3.73. The number of urea groups is 1. The molecule has 4 N–H and O–H groups in total. The molecule has 4 rings (SSSR count). The van der Waals surface area contributed by atoms with Crippen LogP contribution in [0.15, 0.2) is 12.7 Å². The van der Waals surface area contributed by atoms with E-state index >= 15 is 0 Å². The maximum Gasteiger partial charge on any atom is 0.315 e. The van der Waals surface area contributed by atoms with Crippen LogP contribution in [-0.2, 0) is 29.0 Å². The number of amides is 5. The van der Waals surface area contributed by atoms with E-state index in [9.17, 15) is 32.4 Å². The Hall–Kier alpha value is -2.96. The second-order valence-electron chi connectivity index (χ2n) is 16.2. The van der Waals surface area contributed by atoms with Crippen LogP contribution in [0.25, 0.3) is 0 Å². The Morgan fingerprint density at radius 2 is 1.61 bits per heavy atom. The van der Waals surface area contributed by atoms with Crippen molar-refractivity contribution >= 4 is 39.4 Å². The van der Waals surface area contributed by atoms with E-state index < -0.39 is 73.7 Å². The molecule has 276 valence electrons. The Morgan fingerprint density at radius 1 is 0.939 bits per heavy atom. The molecular formula is C36H59N5O7S. The Balaban J connectivity index is 1.56. The molecule has 12 nitrogen and oxygen atoms in total. The molecule has 2 saturated heterocycles. The monoisotopic (exact) mass is 705 g/mol. The first kappa shape index (κ1) is 38.8. The van der Waals surface area contributed by atoms with Crippen molar-refractivity contribution in [1.29, 1.82) is 0 Å². The SMILES string of the molecule is C=CCNC(=O)C(=O)[C@H](CC1CC1)NC(=O)[C@@H]1[C@@H](C(C)C)CCN1C(=O)[C@@H](NC(=O)NC1([C@H]2CCCCS2(=O)=O)CCCCC1)C(C)(C)C. The standard InChI is InChI=1S/C36H59N5O7S/c1-7-19-37-32(44)29(42)26(22-24-14-15-24)38-31(43)28-25(23(2)3)16-20-41(28)33(45)30(35(4,5)6)39-34(46)40-36(17-10-8-11-18-36)27-13-9-12-21-49(27,47)48/h7,23-28,30H,1,8-22H2,2-6H3,(H,37,44)(H,38,43)(H2,39,40,46)/t25-,26+,27-,28+,30-/m1/s1. The molecule has 0 unspecified atom stereocenters. The van der Waals surface area contributed by atoms with Crippen LogP contribution in [0, 0.1) is 23.2 Å². The molecule has 4 fully saturated rings. The van der Waals surface area contributed by atoms with E-state index in [0.717, 1.165) is 38.5 Å². The highest BCUT2D eigenvalue weighted by molar-refractivity contribution is 7.92. The van der Waals surface area contributed by atoms with E-state index in [0.29, 0.717) is 45.1 Å². The Morgan fingerprint density at radius 3 is 2.18 bits per heavy atom. The van der Waals surface area contributed by atoms with Gasteiger partial charge in [0.15, 0.2) is 9.84 Å². The zero-order valence-electron chi connectivity index (χ0n) is 30.1. The largest absolute Gasteiger partial charge is 0.346 e. The first-order valence-electron chi connectivity index (χ1n) is 18.3. The van der Waals surface area contributed by atoms with Crippen LogP contribution in [0.5, 0.6) is 0 Å². The first-order valence-corrected chi connectivity index (χ1v) is 20.1. The number of sulfone groups is 1. The summed E-state index contributed by atoms with van der Waals surface area (Å²) >= 11 is 0. The van der Waals surface area contributed by atoms with Gasteiger partial charge in [0.2, 0.25) is 17.6 Å². The molecule has 0 aromatic rings. The summed E-state index contributed by atoms with van der Waals surface area (Å²) in [5.41, 5.74) is -1.65. The number of nitrogens with zero attached hydrogens (tertiary/aromatic N) is 1. The fourth-order valence-corrected chi connectivity index (χ4v) is 10.6. The first-order chi connectivity index (χ1) is 23.0. The highest BCUT2D eigenvalue weighted by Crippen LogP contribution is 2.39. The molecular weight excluding hydrogens is 646 g/mol. The number of hydrogen-bond acceptors (Lipinski definition) is 7. The predicted molar refractivity (Wildman–Crippen MR) is 188 cm³/mol. The van der Waals surface area contributed by atoms with Gasteiger partial charge in [-0.3, -0.25) is 19.2 Å². The lowest BCUT2D eigenvalue weighted by atomic mass is 9.77. The molecule has 0 bridgehead atoms. The van der Waals surface area contributed by atoms with Gasteiger partial charge in [0, 0.05) is 13.1 Å². The van der Waals surface area contributed by atoms with Crippen LogP contribution in [0.1, 0.15) is 112 Å². The zero-order valence-corrected chi connectivity index (χ0v) is 31.0. The van der Waals surface area contributed by atoms with Crippen molar-refractivity contribution in [3.8, 4) is 0 Å². The van der Waals surface area contributed by atoms with Gasteiger partial charge in [0.1, 0.15) is 12.1 Å². The molecule has 2 aliphatic carbocycles. The van der Waals surface area contributed by atoms with Gasteiger partial charge in [-0.25, -0.2) is 13.2 Å². The molecule has 4 aliphatic rings. The van der Waals surface area contributed by atoms with Gasteiger partial charge in [0.05, 0.1) is 22.6 Å². The molecule has 0 radical (unpaired) electrons. The quantitative estimate of drug-likeness (QED) is 0.168. The summed E-state index contributed by atoms with van der Waals surface area (Å²) in [7, 11) is -3.39. The highest BCUT2D eigenvalue weighted by atomic mass is 32.2. The predicted octanol–water partition coefficient (Wildman–Crippen LogP) is 3.40. The van der Waals surface area contributed by atoms with Gasteiger partial charge in [-0.2, -0.15) is 0 Å². The van der Waals surface area contributed by atoms with E-state index in [1.165, 1.54) is 11.0 Å². The number of likely N-dealkylation sites (tertiary alicyclic amines) is 1. The highest BCUT2D eigenvalue weighted by Gasteiger charge is 2.51. The number of rotatable bonds is 13. The van der Waals surface area contributed by atoms with Gasteiger partial charge >= 0.3 is 6.03 Å². The topological polar surface area (TPSA) is 171 Å². The normalized spacial score (nSPS) is 26.2.